The van der Waals surface area contributed by atoms with Gasteiger partial charge in [0.05, 0.1) is 5.69 Å². The number of ketones is 1. The van der Waals surface area contributed by atoms with E-state index < -0.39 is 5.97 Å². The molecule has 25 heavy (non-hydrogen) atoms. The molecule has 0 aliphatic rings. The summed E-state index contributed by atoms with van der Waals surface area (Å²) >= 11 is 0. The summed E-state index contributed by atoms with van der Waals surface area (Å²) in [6.45, 7) is 3.41. The number of esters is 1. The molecule has 3 rings (SSSR count). The minimum atomic E-state index is -0.591. The number of aryl methyl sites for hydroxylation is 2. The molecule has 0 amide bonds. The summed E-state index contributed by atoms with van der Waals surface area (Å²) in [4.78, 5) is 23.9. The lowest BCUT2D eigenvalue weighted by molar-refractivity contribution is -0.136. The normalized spacial score (nSPS) is 11.3. The van der Waals surface area contributed by atoms with Crippen LogP contribution in [0.3, 0.4) is 0 Å². The Morgan fingerprint density at radius 3 is 2.72 bits per heavy atom. The second kappa shape index (κ2) is 6.76. The molecule has 2 heterocycles. The minimum Gasteiger partial charge on any atom is -0.454 e. The summed E-state index contributed by atoms with van der Waals surface area (Å²) in [6.07, 6.45) is 2.94. The van der Waals surface area contributed by atoms with Crippen LogP contribution in [0.2, 0.25) is 0 Å². The molecule has 6 nitrogen and oxygen atoms in total. The van der Waals surface area contributed by atoms with Crippen LogP contribution in [0.1, 0.15) is 27.5 Å². The first-order chi connectivity index (χ1) is 12.0. The first-order valence-electron chi connectivity index (χ1n) is 7.82. The van der Waals surface area contributed by atoms with Crippen molar-refractivity contribution in [3.05, 3.63) is 59.1 Å². The average Bonchev–Trinajstić information content (AvgIpc) is 3.12. The van der Waals surface area contributed by atoms with Gasteiger partial charge in [0, 0.05) is 29.8 Å². The van der Waals surface area contributed by atoms with Crippen LogP contribution in [-0.4, -0.2) is 28.1 Å². The molecule has 0 spiro atoms. The number of benzene rings is 1. The van der Waals surface area contributed by atoms with E-state index in [1.165, 1.54) is 6.08 Å². The standard InChI is InChI=1S/C19H18N2O4/c1-12-15(13(2)21(3)20-12)8-9-19(23)24-11-16(22)18-10-14-6-4-5-7-17(14)25-18/h4-10H,11H2,1-3H3/b9-8+. The van der Waals surface area contributed by atoms with Crippen LogP contribution in [-0.2, 0) is 16.6 Å². The molecular weight excluding hydrogens is 320 g/mol. The lowest BCUT2D eigenvalue weighted by atomic mass is 10.2. The Morgan fingerprint density at radius 2 is 2.04 bits per heavy atom. The van der Waals surface area contributed by atoms with Gasteiger partial charge in [-0.15, -0.1) is 0 Å². The number of furan rings is 1. The van der Waals surface area contributed by atoms with Crippen molar-refractivity contribution in [2.75, 3.05) is 6.61 Å². The van der Waals surface area contributed by atoms with E-state index in [1.807, 2.05) is 39.1 Å². The van der Waals surface area contributed by atoms with Crippen molar-refractivity contribution in [3.8, 4) is 0 Å². The lowest BCUT2D eigenvalue weighted by Gasteiger charge is -1.99. The van der Waals surface area contributed by atoms with Crippen LogP contribution in [0, 0.1) is 13.8 Å². The number of aromatic nitrogens is 2. The number of Topliss-reactive ketones (excluding diaryl/α,β-unsaturated/α-hetero) is 1. The number of hydrogen-bond acceptors (Lipinski definition) is 5. The number of fused-ring (bicyclic) bond motifs is 1. The summed E-state index contributed by atoms with van der Waals surface area (Å²) < 4.78 is 12.2. The van der Waals surface area contributed by atoms with E-state index in [1.54, 1.807) is 22.9 Å². The molecule has 0 unspecified atom stereocenters. The van der Waals surface area contributed by atoms with Gasteiger partial charge in [0.25, 0.3) is 0 Å². The summed E-state index contributed by atoms with van der Waals surface area (Å²) in [5.41, 5.74) is 3.25. The van der Waals surface area contributed by atoms with E-state index in [-0.39, 0.29) is 18.2 Å². The van der Waals surface area contributed by atoms with E-state index in [2.05, 4.69) is 5.10 Å². The monoisotopic (exact) mass is 338 g/mol. The predicted molar refractivity (Wildman–Crippen MR) is 93.2 cm³/mol. The van der Waals surface area contributed by atoms with Gasteiger partial charge < -0.3 is 9.15 Å². The molecule has 6 heteroatoms. The predicted octanol–water partition coefficient (Wildman–Crippen LogP) is 3.22. The van der Waals surface area contributed by atoms with Crippen molar-refractivity contribution >= 4 is 28.8 Å². The topological polar surface area (TPSA) is 74.3 Å². The third kappa shape index (κ3) is 3.52. The van der Waals surface area contributed by atoms with Crippen LogP contribution in [0.4, 0.5) is 0 Å². The van der Waals surface area contributed by atoms with Gasteiger partial charge in [-0.1, -0.05) is 18.2 Å². The Hall–Kier alpha value is -3.15. The Kier molecular flexibility index (Phi) is 4.52. The van der Waals surface area contributed by atoms with Crippen LogP contribution in [0.25, 0.3) is 17.0 Å². The second-order valence-electron chi connectivity index (χ2n) is 5.72. The Morgan fingerprint density at radius 1 is 1.28 bits per heavy atom. The zero-order valence-corrected chi connectivity index (χ0v) is 14.3. The highest BCUT2D eigenvalue weighted by Crippen LogP contribution is 2.19. The first kappa shape index (κ1) is 16.7. The molecule has 0 atom stereocenters. The van der Waals surface area contributed by atoms with E-state index in [0.717, 1.165) is 22.3 Å². The molecule has 0 aliphatic heterocycles. The highest BCUT2D eigenvalue weighted by Gasteiger charge is 2.14. The second-order valence-corrected chi connectivity index (χ2v) is 5.72. The number of ether oxygens (including phenoxy) is 1. The number of rotatable bonds is 5. The summed E-state index contributed by atoms with van der Waals surface area (Å²) in [7, 11) is 1.84. The Balaban J connectivity index is 1.61. The molecule has 0 fully saturated rings. The molecule has 128 valence electrons. The van der Waals surface area contributed by atoms with Crippen LogP contribution in [0.15, 0.2) is 40.8 Å². The first-order valence-corrected chi connectivity index (χ1v) is 7.82. The molecule has 0 radical (unpaired) electrons. The van der Waals surface area contributed by atoms with Crippen molar-refractivity contribution in [2.24, 2.45) is 7.05 Å². The number of nitrogens with zero attached hydrogens (tertiary/aromatic N) is 2. The highest BCUT2D eigenvalue weighted by molar-refractivity contribution is 5.99. The molecular formula is C19H18N2O4. The van der Waals surface area contributed by atoms with Gasteiger partial charge >= 0.3 is 5.97 Å². The summed E-state index contributed by atoms with van der Waals surface area (Å²) in [6, 6.07) is 8.96. The van der Waals surface area contributed by atoms with Crippen LogP contribution in [0.5, 0.6) is 0 Å². The van der Waals surface area contributed by atoms with E-state index in [9.17, 15) is 9.59 Å². The molecule has 0 aliphatic carbocycles. The number of hydrogen-bond donors (Lipinski definition) is 0. The zero-order chi connectivity index (χ0) is 18.0. The zero-order valence-electron chi connectivity index (χ0n) is 14.3. The summed E-state index contributed by atoms with van der Waals surface area (Å²) in [5.74, 6) is -0.796. The van der Waals surface area contributed by atoms with Crippen LogP contribution >= 0.6 is 0 Å². The maximum atomic E-state index is 12.1. The van der Waals surface area contributed by atoms with Crippen molar-refractivity contribution in [3.63, 3.8) is 0 Å². The molecule has 3 aromatic rings. The Bertz CT molecular complexity index is 946. The van der Waals surface area contributed by atoms with Crippen molar-refractivity contribution in [1.29, 1.82) is 0 Å². The minimum absolute atomic E-state index is 0.178. The molecule has 1 aromatic carbocycles. The van der Waals surface area contributed by atoms with Gasteiger partial charge in [0.15, 0.2) is 12.4 Å². The van der Waals surface area contributed by atoms with E-state index in [4.69, 9.17) is 9.15 Å². The van der Waals surface area contributed by atoms with Gasteiger partial charge in [0.1, 0.15) is 5.58 Å². The fraction of sp³-hybridized carbons (Fsp3) is 0.211. The molecule has 0 N–H and O–H groups in total. The van der Waals surface area contributed by atoms with Crippen LogP contribution < -0.4 is 0 Å². The van der Waals surface area contributed by atoms with Gasteiger partial charge in [-0.3, -0.25) is 9.48 Å². The summed E-state index contributed by atoms with van der Waals surface area (Å²) in [5, 5.41) is 5.10. The maximum absolute atomic E-state index is 12.1. The highest BCUT2D eigenvalue weighted by atomic mass is 16.5. The van der Waals surface area contributed by atoms with Gasteiger partial charge in [-0.25, -0.2) is 4.79 Å². The molecule has 0 bridgehead atoms. The van der Waals surface area contributed by atoms with Crippen molar-refractivity contribution in [1.82, 2.24) is 9.78 Å². The van der Waals surface area contributed by atoms with Gasteiger partial charge in [-0.2, -0.15) is 5.10 Å². The van der Waals surface area contributed by atoms with Crippen molar-refractivity contribution < 1.29 is 18.7 Å². The molecule has 0 saturated carbocycles. The molecule has 2 aromatic heterocycles. The third-order valence-electron chi connectivity index (χ3n) is 4.00. The van der Waals surface area contributed by atoms with E-state index in [0.29, 0.717) is 5.58 Å². The smallest absolute Gasteiger partial charge is 0.331 e. The van der Waals surface area contributed by atoms with E-state index >= 15 is 0 Å². The quantitative estimate of drug-likeness (QED) is 0.406. The Labute approximate surface area is 144 Å². The number of carbonyl (C=O) groups excluding carboxylic acids is 2. The fourth-order valence-electron chi connectivity index (χ4n) is 2.56. The molecule has 0 saturated heterocycles. The SMILES string of the molecule is Cc1nn(C)c(C)c1/C=C/C(=O)OCC(=O)c1cc2ccccc2o1. The van der Waals surface area contributed by atoms with Crippen molar-refractivity contribution in [2.45, 2.75) is 13.8 Å². The van der Waals surface area contributed by atoms with Gasteiger partial charge in [-0.05, 0) is 32.1 Å². The average molecular weight is 338 g/mol. The number of carbonyl (C=O) groups is 2. The lowest BCUT2D eigenvalue weighted by Crippen LogP contribution is -2.11. The third-order valence-corrected chi connectivity index (χ3v) is 4.00. The largest absolute Gasteiger partial charge is 0.454 e. The number of para-hydroxylation sites is 1. The fourth-order valence-corrected chi connectivity index (χ4v) is 2.56. The van der Waals surface area contributed by atoms with Gasteiger partial charge in [0.2, 0.25) is 5.78 Å². The maximum Gasteiger partial charge on any atom is 0.331 e.